The van der Waals surface area contributed by atoms with Crippen molar-refractivity contribution >= 4 is 53.0 Å². The standard InChI is InChI=1S/C42H43N5O8S/c1-2-38(49)44-36(25-33-11-7-21-56-33)41(52)45-34(22-27-12-16-30(17-13-27)29-8-4-3-5-9-29)39(50)46-35(24-32-10-6-20-55-32)40(51)47-37(42(53)54)23-28-14-18-31(19-15-28)43-26-48/h3-21,26,34-37H,2,22-25H2,1H3,(H,43,48)(H,44,49)(H,45,52)(H,46,50)(H,47,51)(H,53,54)/t34-,35+,36+,37-/m0/s1. The van der Waals surface area contributed by atoms with Crippen LogP contribution in [0.3, 0.4) is 0 Å². The molecule has 4 atom stereocenters. The number of benzene rings is 3. The van der Waals surface area contributed by atoms with Crippen LogP contribution in [0.15, 0.2) is 119 Å². The predicted molar refractivity (Wildman–Crippen MR) is 211 cm³/mol. The molecule has 0 spiro atoms. The zero-order valence-electron chi connectivity index (χ0n) is 30.6. The number of anilines is 1. The van der Waals surface area contributed by atoms with Gasteiger partial charge in [0.2, 0.25) is 30.0 Å². The lowest BCUT2D eigenvalue weighted by atomic mass is 9.99. The van der Waals surface area contributed by atoms with Gasteiger partial charge in [-0.3, -0.25) is 24.0 Å². The second kappa shape index (κ2) is 20.2. The molecule has 0 saturated carbocycles. The first-order valence-electron chi connectivity index (χ1n) is 18.0. The molecule has 13 nitrogen and oxygen atoms in total. The number of carbonyl (C=O) groups excluding carboxylic acids is 5. The molecule has 0 aliphatic rings. The van der Waals surface area contributed by atoms with Gasteiger partial charge >= 0.3 is 5.97 Å². The molecule has 5 aromatic rings. The lowest BCUT2D eigenvalue weighted by molar-refractivity contribution is -0.142. The van der Waals surface area contributed by atoms with Crippen molar-refractivity contribution in [3.8, 4) is 11.1 Å². The normalized spacial score (nSPS) is 12.9. The van der Waals surface area contributed by atoms with Crippen LogP contribution in [-0.4, -0.2) is 65.3 Å². The molecule has 6 N–H and O–H groups in total. The van der Waals surface area contributed by atoms with Gasteiger partial charge < -0.3 is 36.1 Å². The Morgan fingerprint density at radius 3 is 1.77 bits per heavy atom. The number of aliphatic carboxylic acids is 1. The van der Waals surface area contributed by atoms with Gasteiger partial charge in [0, 0.05) is 42.7 Å². The summed E-state index contributed by atoms with van der Waals surface area (Å²) in [6.07, 6.45) is 2.10. The molecule has 3 aromatic carbocycles. The van der Waals surface area contributed by atoms with Crippen molar-refractivity contribution in [3.05, 3.63) is 137 Å². The van der Waals surface area contributed by atoms with Crippen molar-refractivity contribution in [3.63, 3.8) is 0 Å². The van der Waals surface area contributed by atoms with Gasteiger partial charge in [0.25, 0.3) is 0 Å². The van der Waals surface area contributed by atoms with Gasteiger partial charge in [-0.1, -0.05) is 79.7 Å². The molecule has 5 rings (SSSR count). The lowest BCUT2D eigenvalue weighted by Gasteiger charge is -2.26. The number of furan rings is 1. The van der Waals surface area contributed by atoms with E-state index in [2.05, 4.69) is 26.6 Å². The molecule has 5 amide bonds. The number of rotatable bonds is 20. The number of thiophene rings is 1. The van der Waals surface area contributed by atoms with Crippen molar-refractivity contribution in [2.75, 3.05) is 5.32 Å². The van der Waals surface area contributed by atoms with Crippen molar-refractivity contribution in [2.45, 2.75) is 63.2 Å². The molecule has 2 heterocycles. The highest BCUT2D eigenvalue weighted by Gasteiger charge is 2.32. The fourth-order valence-electron chi connectivity index (χ4n) is 5.94. The third-order valence-electron chi connectivity index (χ3n) is 8.94. The topological polar surface area (TPSA) is 196 Å². The van der Waals surface area contributed by atoms with E-state index in [4.69, 9.17) is 4.42 Å². The second-order valence-corrected chi connectivity index (χ2v) is 14.0. The minimum Gasteiger partial charge on any atom is -0.480 e. The summed E-state index contributed by atoms with van der Waals surface area (Å²) in [5, 5.41) is 25.3. The van der Waals surface area contributed by atoms with E-state index in [1.54, 1.807) is 43.3 Å². The van der Waals surface area contributed by atoms with Crippen molar-refractivity contribution < 1.29 is 38.3 Å². The quantitative estimate of drug-likeness (QED) is 0.0630. The molecule has 2 aromatic heterocycles. The highest BCUT2D eigenvalue weighted by molar-refractivity contribution is 7.09. The largest absolute Gasteiger partial charge is 0.480 e. The first-order chi connectivity index (χ1) is 27.1. The van der Waals surface area contributed by atoms with Crippen molar-refractivity contribution in [2.24, 2.45) is 0 Å². The van der Waals surface area contributed by atoms with Crippen molar-refractivity contribution in [1.82, 2.24) is 21.3 Å². The number of amides is 5. The third kappa shape index (κ3) is 12.0. The van der Waals surface area contributed by atoms with Gasteiger partial charge in [-0.15, -0.1) is 11.3 Å². The zero-order chi connectivity index (χ0) is 39.9. The monoisotopic (exact) mass is 777 g/mol. The van der Waals surface area contributed by atoms with Gasteiger partial charge in [0.05, 0.1) is 6.26 Å². The second-order valence-electron chi connectivity index (χ2n) is 13.0. The van der Waals surface area contributed by atoms with Crippen molar-refractivity contribution in [1.29, 1.82) is 0 Å². The predicted octanol–water partition coefficient (Wildman–Crippen LogP) is 4.28. The third-order valence-corrected chi connectivity index (χ3v) is 9.84. The molecule has 0 unspecified atom stereocenters. The summed E-state index contributed by atoms with van der Waals surface area (Å²) in [5.41, 5.74) is 3.76. The first-order valence-corrected chi connectivity index (χ1v) is 18.9. The van der Waals surface area contributed by atoms with Crippen LogP contribution in [0.2, 0.25) is 0 Å². The maximum absolute atomic E-state index is 14.3. The molecule has 14 heteroatoms. The van der Waals surface area contributed by atoms with Crippen LogP contribution in [0.1, 0.15) is 35.1 Å². The van der Waals surface area contributed by atoms with Crippen LogP contribution < -0.4 is 26.6 Å². The Hall–Kier alpha value is -6.54. The minimum absolute atomic E-state index is 0.0297. The number of carbonyl (C=O) groups is 6. The Morgan fingerprint density at radius 2 is 1.21 bits per heavy atom. The fourth-order valence-corrected chi connectivity index (χ4v) is 6.69. The van der Waals surface area contributed by atoms with Crippen LogP contribution in [0.4, 0.5) is 5.69 Å². The molecular formula is C42H43N5O8S. The van der Waals surface area contributed by atoms with Gasteiger partial charge in [-0.05, 0) is 58.0 Å². The van der Waals surface area contributed by atoms with E-state index in [0.29, 0.717) is 29.0 Å². The highest BCUT2D eigenvalue weighted by Crippen LogP contribution is 2.20. The smallest absolute Gasteiger partial charge is 0.326 e. The fraction of sp³-hybridized carbons (Fsp3) is 0.238. The average molecular weight is 778 g/mol. The lowest BCUT2D eigenvalue weighted by Crippen LogP contribution is -2.59. The molecule has 0 aliphatic carbocycles. The average Bonchev–Trinajstić information content (AvgIpc) is 3.93. The Labute approximate surface area is 327 Å². The van der Waals surface area contributed by atoms with Gasteiger partial charge in [0.15, 0.2) is 0 Å². The maximum Gasteiger partial charge on any atom is 0.326 e. The summed E-state index contributed by atoms with van der Waals surface area (Å²) < 4.78 is 5.48. The number of hydrogen-bond acceptors (Lipinski definition) is 8. The Kier molecular flexibility index (Phi) is 14.7. The summed E-state index contributed by atoms with van der Waals surface area (Å²) in [4.78, 5) is 78.5. The summed E-state index contributed by atoms with van der Waals surface area (Å²) >= 11 is 1.43. The summed E-state index contributed by atoms with van der Waals surface area (Å²) in [6.45, 7) is 1.67. The molecular weight excluding hydrogens is 735 g/mol. The Bertz CT molecular complexity index is 2050. The van der Waals surface area contributed by atoms with E-state index >= 15 is 0 Å². The number of carboxylic acids is 1. The highest BCUT2D eigenvalue weighted by atomic mass is 32.1. The van der Waals surface area contributed by atoms with E-state index in [0.717, 1.165) is 16.0 Å². The summed E-state index contributed by atoms with van der Waals surface area (Å²) in [7, 11) is 0. The van der Waals surface area contributed by atoms with Crippen LogP contribution in [0, 0.1) is 0 Å². The van der Waals surface area contributed by atoms with E-state index in [1.165, 1.54) is 17.6 Å². The molecule has 56 heavy (non-hydrogen) atoms. The van der Waals surface area contributed by atoms with Gasteiger partial charge in [0.1, 0.15) is 29.9 Å². The van der Waals surface area contributed by atoms with Crippen LogP contribution >= 0.6 is 11.3 Å². The van der Waals surface area contributed by atoms with Gasteiger partial charge in [-0.2, -0.15) is 0 Å². The van der Waals surface area contributed by atoms with E-state index in [1.807, 2.05) is 72.1 Å². The summed E-state index contributed by atoms with van der Waals surface area (Å²) in [6, 6.07) is 25.8. The molecule has 0 fully saturated rings. The number of nitrogens with one attached hydrogen (secondary N) is 5. The Morgan fingerprint density at radius 1 is 0.643 bits per heavy atom. The Balaban J connectivity index is 1.39. The molecule has 0 radical (unpaired) electrons. The number of hydrogen-bond donors (Lipinski definition) is 6. The summed E-state index contributed by atoms with van der Waals surface area (Å²) in [5.74, 6) is -3.37. The first kappa shape index (κ1) is 40.6. The van der Waals surface area contributed by atoms with Crippen LogP contribution in [0.25, 0.3) is 11.1 Å². The molecule has 0 aliphatic heterocycles. The van der Waals surface area contributed by atoms with Crippen LogP contribution in [0.5, 0.6) is 0 Å². The SMILES string of the molecule is CCC(=O)N[C@H](Cc1cccs1)C(=O)N[C@@H](Cc1ccc(-c2ccccc2)cc1)C(=O)N[C@H](Cc1ccco1)C(=O)N[C@@H](Cc1ccc(NC=O)cc1)C(=O)O. The molecule has 0 bridgehead atoms. The number of carboxylic acid groups (broad SMARTS) is 1. The zero-order valence-corrected chi connectivity index (χ0v) is 31.4. The minimum atomic E-state index is -1.37. The van der Waals surface area contributed by atoms with Gasteiger partial charge in [-0.25, -0.2) is 4.79 Å². The maximum atomic E-state index is 14.3. The van der Waals surface area contributed by atoms with Crippen LogP contribution in [-0.2, 0) is 54.5 Å². The van der Waals surface area contributed by atoms with E-state index < -0.39 is 47.9 Å². The molecule has 290 valence electrons. The molecule has 0 saturated heterocycles. The van der Waals surface area contributed by atoms with E-state index in [9.17, 15) is 33.9 Å². The van der Waals surface area contributed by atoms with E-state index in [-0.39, 0.29) is 38.0 Å².